The van der Waals surface area contributed by atoms with Crippen molar-refractivity contribution in [2.24, 2.45) is 0 Å². The summed E-state index contributed by atoms with van der Waals surface area (Å²) in [6, 6.07) is 8.27. The average molecular weight is 288 g/mol. The van der Waals surface area contributed by atoms with Gasteiger partial charge in [0, 0.05) is 11.4 Å². The number of aliphatic hydroxyl groups excluding tert-OH is 1. The first-order valence-corrected chi connectivity index (χ1v) is 7.99. The van der Waals surface area contributed by atoms with E-state index >= 15 is 0 Å². The number of thiazole rings is 1. The van der Waals surface area contributed by atoms with Crippen LogP contribution in [0.5, 0.6) is 0 Å². The van der Waals surface area contributed by atoms with Gasteiger partial charge in [-0.3, -0.25) is 0 Å². The van der Waals surface area contributed by atoms with Gasteiger partial charge in [0.1, 0.15) is 5.01 Å². The lowest BCUT2D eigenvalue weighted by atomic mass is 10.1. The molecule has 0 fully saturated rings. The van der Waals surface area contributed by atoms with E-state index in [1.165, 1.54) is 28.4 Å². The van der Waals surface area contributed by atoms with Crippen LogP contribution in [0.25, 0.3) is 0 Å². The number of fused-ring (bicyclic) bond motifs is 1. The maximum Gasteiger partial charge on any atom is 0.110 e. The Bertz CT molecular complexity index is 572. The molecule has 3 nitrogen and oxygen atoms in total. The second kappa shape index (κ2) is 6.04. The van der Waals surface area contributed by atoms with Gasteiger partial charge in [-0.25, -0.2) is 4.98 Å². The van der Waals surface area contributed by atoms with Crippen molar-refractivity contribution in [3.05, 3.63) is 51.0 Å². The fourth-order valence-corrected chi connectivity index (χ4v) is 3.81. The number of hydrogen-bond donors (Lipinski definition) is 2. The Morgan fingerprint density at radius 3 is 2.85 bits per heavy atom. The first kappa shape index (κ1) is 13.7. The van der Waals surface area contributed by atoms with E-state index in [4.69, 9.17) is 4.98 Å². The molecule has 1 aliphatic rings. The van der Waals surface area contributed by atoms with Crippen molar-refractivity contribution >= 4 is 11.3 Å². The largest absolute Gasteiger partial charge is 0.392 e. The van der Waals surface area contributed by atoms with E-state index in [1.807, 2.05) is 29.5 Å². The predicted molar refractivity (Wildman–Crippen MR) is 81.8 cm³/mol. The van der Waals surface area contributed by atoms with Crippen molar-refractivity contribution in [3.8, 4) is 0 Å². The highest BCUT2D eigenvalue weighted by molar-refractivity contribution is 7.11. The normalized spacial score (nSPS) is 15.3. The van der Waals surface area contributed by atoms with E-state index in [0.717, 1.165) is 24.1 Å². The van der Waals surface area contributed by atoms with Crippen LogP contribution in [0.4, 0.5) is 0 Å². The minimum absolute atomic E-state index is 0.0950. The Kier molecular flexibility index (Phi) is 4.15. The Hall–Kier alpha value is -1.23. The fourth-order valence-electron chi connectivity index (χ4n) is 2.63. The van der Waals surface area contributed by atoms with Gasteiger partial charge < -0.3 is 10.4 Å². The third kappa shape index (κ3) is 2.77. The molecule has 0 aliphatic heterocycles. The van der Waals surface area contributed by atoms with E-state index in [-0.39, 0.29) is 12.6 Å². The molecule has 1 heterocycles. The molecule has 3 rings (SSSR count). The quantitative estimate of drug-likeness (QED) is 0.889. The van der Waals surface area contributed by atoms with Crippen molar-refractivity contribution in [2.75, 3.05) is 0 Å². The fraction of sp³-hybridized carbons (Fsp3) is 0.438. The Balaban J connectivity index is 1.65. The van der Waals surface area contributed by atoms with Crippen molar-refractivity contribution in [1.82, 2.24) is 10.3 Å². The van der Waals surface area contributed by atoms with E-state index in [2.05, 4.69) is 18.3 Å². The molecule has 0 amide bonds. The number of nitrogens with zero attached hydrogens (tertiary/aromatic N) is 1. The third-order valence-corrected chi connectivity index (χ3v) is 5.21. The number of aliphatic hydroxyl groups is 1. The standard InChI is InChI=1S/C16H20N2OS/c1-11(16-18-14-7-4-8-15(14)20-16)17-9-12-5-2-3-6-13(12)10-19/h2-3,5-6,11,17,19H,4,7-10H2,1H3. The SMILES string of the molecule is CC(NCc1ccccc1CO)c1nc2c(s1)CCC2. The molecule has 2 aromatic rings. The molecular formula is C16H20N2OS. The van der Waals surface area contributed by atoms with E-state index in [0.29, 0.717) is 0 Å². The summed E-state index contributed by atoms with van der Waals surface area (Å²) < 4.78 is 0. The number of aryl methyl sites for hydroxylation is 2. The summed E-state index contributed by atoms with van der Waals surface area (Å²) in [4.78, 5) is 6.23. The molecule has 1 atom stereocenters. The van der Waals surface area contributed by atoms with E-state index in [9.17, 15) is 5.11 Å². The van der Waals surface area contributed by atoms with Gasteiger partial charge in [0.15, 0.2) is 0 Å². The monoisotopic (exact) mass is 288 g/mol. The van der Waals surface area contributed by atoms with Gasteiger partial charge in [-0.15, -0.1) is 11.3 Å². The lowest BCUT2D eigenvalue weighted by Crippen LogP contribution is -2.19. The molecular weight excluding hydrogens is 268 g/mol. The molecule has 0 saturated carbocycles. The minimum atomic E-state index is 0.0950. The minimum Gasteiger partial charge on any atom is -0.392 e. The maximum absolute atomic E-state index is 9.34. The van der Waals surface area contributed by atoms with Crippen molar-refractivity contribution in [3.63, 3.8) is 0 Å². The number of benzene rings is 1. The van der Waals surface area contributed by atoms with Crippen molar-refractivity contribution < 1.29 is 5.11 Å². The summed E-state index contributed by atoms with van der Waals surface area (Å²) in [5, 5.41) is 14.0. The highest BCUT2D eigenvalue weighted by atomic mass is 32.1. The van der Waals surface area contributed by atoms with Crippen LogP contribution in [0.3, 0.4) is 0 Å². The number of hydrogen-bond acceptors (Lipinski definition) is 4. The van der Waals surface area contributed by atoms with Gasteiger partial charge >= 0.3 is 0 Å². The Labute approximate surface area is 123 Å². The average Bonchev–Trinajstić information content (AvgIpc) is 3.06. The van der Waals surface area contributed by atoms with Crippen LogP contribution >= 0.6 is 11.3 Å². The molecule has 1 aliphatic carbocycles. The molecule has 2 N–H and O–H groups in total. The number of rotatable bonds is 5. The summed E-state index contributed by atoms with van der Waals surface area (Å²) >= 11 is 1.85. The molecule has 1 aromatic carbocycles. The Morgan fingerprint density at radius 1 is 1.30 bits per heavy atom. The molecule has 4 heteroatoms. The molecule has 20 heavy (non-hydrogen) atoms. The summed E-state index contributed by atoms with van der Waals surface area (Å²) in [5.74, 6) is 0. The molecule has 106 valence electrons. The number of nitrogens with one attached hydrogen (secondary N) is 1. The zero-order valence-corrected chi connectivity index (χ0v) is 12.5. The first-order valence-electron chi connectivity index (χ1n) is 7.17. The zero-order chi connectivity index (χ0) is 13.9. The van der Waals surface area contributed by atoms with Crippen LogP contribution in [0.2, 0.25) is 0 Å². The topological polar surface area (TPSA) is 45.1 Å². The summed E-state index contributed by atoms with van der Waals surface area (Å²) in [6.45, 7) is 3.02. The molecule has 1 unspecified atom stereocenters. The van der Waals surface area contributed by atoms with Crippen LogP contribution in [-0.2, 0) is 26.0 Å². The smallest absolute Gasteiger partial charge is 0.110 e. The van der Waals surface area contributed by atoms with Crippen LogP contribution in [0.1, 0.15) is 46.1 Å². The first-order chi connectivity index (χ1) is 9.78. The molecule has 0 radical (unpaired) electrons. The van der Waals surface area contributed by atoms with Gasteiger partial charge in [-0.1, -0.05) is 24.3 Å². The van der Waals surface area contributed by atoms with Gasteiger partial charge in [0.2, 0.25) is 0 Å². The second-order valence-electron chi connectivity index (χ2n) is 5.30. The molecule has 1 aromatic heterocycles. The zero-order valence-electron chi connectivity index (χ0n) is 11.7. The van der Waals surface area contributed by atoms with Crippen LogP contribution in [0.15, 0.2) is 24.3 Å². The number of aromatic nitrogens is 1. The third-order valence-electron chi connectivity index (χ3n) is 3.87. The highest BCUT2D eigenvalue weighted by Crippen LogP contribution is 2.30. The molecule has 0 bridgehead atoms. The predicted octanol–water partition coefficient (Wildman–Crippen LogP) is 2.97. The van der Waals surface area contributed by atoms with Crippen LogP contribution in [0, 0.1) is 0 Å². The van der Waals surface area contributed by atoms with Gasteiger partial charge in [0.05, 0.1) is 18.3 Å². The summed E-state index contributed by atoms with van der Waals surface area (Å²) in [6.07, 6.45) is 3.61. The Morgan fingerprint density at radius 2 is 2.10 bits per heavy atom. The van der Waals surface area contributed by atoms with Crippen LogP contribution in [-0.4, -0.2) is 10.1 Å². The summed E-state index contributed by atoms with van der Waals surface area (Å²) in [5.41, 5.74) is 3.47. The second-order valence-corrected chi connectivity index (χ2v) is 6.42. The van der Waals surface area contributed by atoms with Gasteiger partial charge in [0.25, 0.3) is 0 Å². The van der Waals surface area contributed by atoms with Gasteiger partial charge in [-0.05, 0) is 37.3 Å². The van der Waals surface area contributed by atoms with E-state index in [1.54, 1.807) is 0 Å². The highest BCUT2D eigenvalue weighted by Gasteiger charge is 2.19. The molecule has 0 saturated heterocycles. The lowest BCUT2D eigenvalue weighted by Gasteiger charge is -2.13. The van der Waals surface area contributed by atoms with Crippen molar-refractivity contribution in [1.29, 1.82) is 0 Å². The van der Waals surface area contributed by atoms with Gasteiger partial charge in [-0.2, -0.15) is 0 Å². The van der Waals surface area contributed by atoms with E-state index < -0.39 is 0 Å². The molecule has 0 spiro atoms. The van der Waals surface area contributed by atoms with Crippen LogP contribution < -0.4 is 5.32 Å². The summed E-state index contributed by atoms with van der Waals surface area (Å²) in [7, 11) is 0. The maximum atomic E-state index is 9.34. The van der Waals surface area contributed by atoms with Crippen molar-refractivity contribution in [2.45, 2.75) is 45.4 Å². The lowest BCUT2D eigenvalue weighted by molar-refractivity contribution is 0.280.